The van der Waals surface area contributed by atoms with E-state index >= 15 is 0 Å². The molecule has 1 aliphatic rings. The molecule has 0 bridgehead atoms. The van der Waals surface area contributed by atoms with E-state index in [1.165, 1.54) is 11.8 Å². The number of amides is 1. The van der Waals surface area contributed by atoms with Crippen LogP contribution >= 0.6 is 11.8 Å². The minimum Gasteiger partial charge on any atom is -0.497 e. The van der Waals surface area contributed by atoms with Gasteiger partial charge in [0.2, 0.25) is 5.91 Å². The van der Waals surface area contributed by atoms with E-state index in [1.807, 2.05) is 56.3 Å². The zero-order chi connectivity index (χ0) is 18.5. The molecule has 3 rings (SSSR count). The number of carbonyl (C=O) groups excluding carboxylic acids is 1. The second-order valence-electron chi connectivity index (χ2n) is 6.31. The Morgan fingerprint density at radius 2 is 1.77 bits per heavy atom. The van der Waals surface area contributed by atoms with Gasteiger partial charge in [0.25, 0.3) is 0 Å². The lowest BCUT2D eigenvalue weighted by Gasteiger charge is -2.22. The van der Waals surface area contributed by atoms with Gasteiger partial charge < -0.3 is 19.5 Å². The molecule has 26 heavy (non-hydrogen) atoms. The molecule has 0 aliphatic carbocycles. The van der Waals surface area contributed by atoms with Gasteiger partial charge in [-0.05, 0) is 48.4 Å². The molecule has 0 fully saturated rings. The Kier molecular flexibility index (Phi) is 5.93. The van der Waals surface area contributed by atoms with Gasteiger partial charge >= 0.3 is 0 Å². The van der Waals surface area contributed by atoms with Gasteiger partial charge in [-0.15, -0.1) is 11.8 Å². The molecular formula is C20H23NO4S. The van der Waals surface area contributed by atoms with Gasteiger partial charge in [0.15, 0.2) is 11.5 Å². The molecule has 0 saturated heterocycles. The van der Waals surface area contributed by atoms with E-state index in [0.29, 0.717) is 13.2 Å². The monoisotopic (exact) mass is 373 g/mol. The highest BCUT2D eigenvalue weighted by molar-refractivity contribution is 8.00. The fourth-order valence-electron chi connectivity index (χ4n) is 2.62. The number of ether oxygens (including phenoxy) is 3. The van der Waals surface area contributed by atoms with Crippen LogP contribution in [-0.2, 0) is 4.79 Å². The second-order valence-corrected chi connectivity index (χ2v) is 7.52. The third-order valence-corrected chi connectivity index (χ3v) is 5.54. The third-order valence-electron chi connectivity index (χ3n) is 4.00. The molecule has 1 atom stereocenters. The first-order chi connectivity index (χ1) is 12.6. The van der Waals surface area contributed by atoms with Crippen molar-refractivity contribution in [1.82, 2.24) is 0 Å². The van der Waals surface area contributed by atoms with E-state index in [2.05, 4.69) is 5.32 Å². The topological polar surface area (TPSA) is 56.8 Å². The zero-order valence-corrected chi connectivity index (χ0v) is 16.0. The average molecular weight is 373 g/mol. The van der Waals surface area contributed by atoms with Gasteiger partial charge in [0.1, 0.15) is 19.0 Å². The molecule has 5 nitrogen and oxygen atoms in total. The van der Waals surface area contributed by atoms with Crippen LogP contribution < -0.4 is 19.5 Å². The minimum atomic E-state index is -0.223. The smallest absolute Gasteiger partial charge is 0.238 e. The lowest BCUT2D eigenvalue weighted by Crippen LogP contribution is -2.29. The first kappa shape index (κ1) is 18.5. The summed E-state index contributed by atoms with van der Waals surface area (Å²) in [6.45, 7) is 5.21. The molecule has 0 radical (unpaired) electrons. The highest BCUT2D eigenvalue weighted by atomic mass is 32.2. The van der Waals surface area contributed by atoms with Gasteiger partial charge in [0, 0.05) is 10.6 Å². The number of carbonyl (C=O) groups is 1. The quantitative estimate of drug-likeness (QED) is 0.768. The summed E-state index contributed by atoms with van der Waals surface area (Å²) in [7, 11) is 1.62. The second kappa shape index (κ2) is 8.36. The molecule has 1 aliphatic heterocycles. The molecular weight excluding hydrogens is 350 g/mol. The van der Waals surface area contributed by atoms with Crippen molar-refractivity contribution in [1.29, 1.82) is 0 Å². The predicted octanol–water partition coefficient (Wildman–Crippen LogP) is 4.22. The Bertz CT molecular complexity index is 761. The Morgan fingerprint density at radius 3 is 2.42 bits per heavy atom. The third kappa shape index (κ3) is 4.43. The van der Waals surface area contributed by atoms with E-state index in [4.69, 9.17) is 14.2 Å². The van der Waals surface area contributed by atoms with Crippen LogP contribution in [0.2, 0.25) is 0 Å². The fourth-order valence-corrected chi connectivity index (χ4v) is 3.68. The van der Waals surface area contributed by atoms with Crippen molar-refractivity contribution in [2.24, 2.45) is 5.92 Å². The summed E-state index contributed by atoms with van der Waals surface area (Å²) < 4.78 is 16.3. The summed E-state index contributed by atoms with van der Waals surface area (Å²) in [5.74, 6) is 2.40. The van der Waals surface area contributed by atoms with Gasteiger partial charge in [-0.1, -0.05) is 13.8 Å². The number of nitrogens with one attached hydrogen (secondary N) is 1. The van der Waals surface area contributed by atoms with Crippen LogP contribution in [0.5, 0.6) is 17.2 Å². The van der Waals surface area contributed by atoms with Crippen LogP contribution in [0.1, 0.15) is 13.8 Å². The maximum Gasteiger partial charge on any atom is 0.238 e. The van der Waals surface area contributed by atoms with Crippen LogP contribution in [0, 0.1) is 5.92 Å². The van der Waals surface area contributed by atoms with Crippen LogP contribution in [0.15, 0.2) is 47.4 Å². The lowest BCUT2D eigenvalue weighted by molar-refractivity contribution is -0.116. The zero-order valence-electron chi connectivity index (χ0n) is 15.2. The summed E-state index contributed by atoms with van der Waals surface area (Å²) in [5.41, 5.74) is 0.754. The number of thioether (sulfide) groups is 1. The summed E-state index contributed by atoms with van der Waals surface area (Å²) in [5, 5.41) is 2.76. The standard InChI is InChI=1S/C20H23NO4S/c1-13(2)19(20(22)21-14-4-6-15(23-3)7-5-14)26-16-8-9-17-18(12-16)25-11-10-24-17/h4-9,12-13,19H,10-11H2,1-3H3,(H,21,22). The van der Waals surface area contributed by atoms with E-state index in [-0.39, 0.29) is 17.1 Å². The van der Waals surface area contributed by atoms with Gasteiger partial charge in [0.05, 0.1) is 12.4 Å². The average Bonchev–Trinajstić information content (AvgIpc) is 2.66. The summed E-state index contributed by atoms with van der Waals surface area (Å²) in [4.78, 5) is 13.8. The summed E-state index contributed by atoms with van der Waals surface area (Å²) in [6.07, 6.45) is 0. The van der Waals surface area contributed by atoms with Crippen molar-refractivity contribution in [2.75, 3.05) is 25.6 Å². The number of methoxy groups -OCH3 is 1. The molecule has 1 heterocycles. The van der Waals surface area contributed by atoms with Gasteiger partial charge in [-0.25, -0.2) is 0 Å². The summed E-state index contributed by atoms with van der Waals surface area (Å²) in [6, 6.07) is 13.1. The van der Waals surface area contributed by atoms with Gasteiger partial charge in [-0.3, -0.25) is 4.79 Å². The molecule has 138 valence electrons. The van der Waals surface area contributed by atoms with Crippen molar-refractivity contribution in [3.05, 3.63) is 42.5 Å². The largest absolute Gasteiger partial charge is 0.497 e. The molecule has 1 amide bonds. The SMILES string of the molecule is COc1ccc(NC(=O)C(Sc2ccc3c(c2)OCCO3)C(C)C)cc1. The van der Waals surface area contributed by atoms with Crippen molar-refractivity contribution in [3.63, 3.8) is 0 Å². The van der Waals surface area contributed by atoms with Crippen LogP contribution in [0.25, 0.3) is 0 Å². The number of benzene rings is 2. The van der Waals surface area contributed by atoms with Crippen LogP contribution in [0.4, 0.5) is 5.69 Å². The highest BCUT2D eigenvalue weighted by Crippen LogP contribution is 2.37. The van der Waals surface area contributed by atoms with Gasteiger partial charge in [-0.2, -0.15) is 0 Å². The van der Waals surface area contributed by atoms with Crippen molar-refractivity contribution >= 4 is 23.4 Å². The number of rotatable bonds is 6. The molecule has 2 aromatic carbocycles. The minimum absolute atomic E-state index is 0.0231. The number of hydrogen-bond donors (Lipinski definition) is 1. The highest BCUT2D eigenvalue weighted by Gasteiger charge is 2.24. The predicted molar refractivity (Wildman–Crippen MR) is 104 cm³/mol. The Morgan fingerprint density at radius 1 is 1.08 bits per heavy atom. The fraction of sp³-hybridized carbons (Fsp3) is 0.350. The molecule has 1 N–H and O–H groups in total. The van der Waals surface area contributed by atoms with Crippen LogP contribution in [0.3, 0.4) is 0 Å². The summed E-state index contributed by atoms with van der Waals surface area (Å²) >= 11 is 1.53. The molecule has 0 aromatic heterocycles. The first-order valence-corrected chi connectivity index (χ1v) is 9.46. The van der Waals surface area contributed by atoms with Crippen molar-refractivity contribution < 1.29 is 19.0 Å². The molecule has 2 aromatic rings. The Balaban J connectivity index is 1.70. The number of hydrogen-bond acceptors (Lipinski definition) is 5. The Hall–Kier alpha value is -2.34. The van der Waals surface area contributed by atoms with Crippen molar-refractivity contribution in [3.8, 4) is 17.2 Å². The number of anilines is 1. The molecule has 0 spiro atoms. The lowest BCUT2D eigenvalue weighted by atomic mass is 10.1. The number of fused-ring (bicyclic) bond motifs is 1. The molecule has 0 saturated carbocycles. The maximum absolute atomic E-state index is 12.8. The van der Waals surface area contributed by atoms with Crippen LogP contribution in [-0.4, -0.2) is 31.5 Å². The first-order valence-electron chi connectivity index (χ1n) is 8.58. The van der Waals surface area contributed by atoms with E-state index in [1.54, 1.807) is 7.11 Å². The van der Waals surface area contributed by atoms with Crippen molar-refractivity contribution in [2.45, 2.75) is 24.0 Å². The molecule has 6 heteroatoms. The molecule has 1 unspecified atom stereocenters. The van der Waals surface area contributed by atoms with E-state index < -0.39 is 0 Å². The normalized spacial score (nSPS) is 14.0. The maximum atomic E-state index is 12.8. The van der Waals surface area contributed by atoms with E-state index in [9.17, 15) is 4.79 Å². The Labute approximate surface area is 158 Å². The van der Waals surface area contributed by atoms with E-state index in [0.717, 1.165) is 27.8 Å².